The first-order chi connectivity index (χ1) is 18.7. The van der Waals surface area contributed by atoms with E-state index in [0.717, 1.165) is 0 Å². The number of benzene rings is 3. The van der Waals surface area contributed by atoms with Crippen molar-refractivity contribution >= 4 is 46.6 Å². The number of quaternary nitrogens is 1. The second-order valence-corrected chi connectivity index (χ2v) is 8.79. The highest BCUT2D eigenvalue weighted by atomic mass is 35.5. The van der Waals surface area contributed by atoms with Crippen LogP contribution in [0.15, 0.2) is 66.7 Å². The van der Waals surface area contributed by atoms with E-state index < -0.39 is 12.0 Å². The first kappa shape index (κ1) is 29.0. The molecular weight excluding hydrogens is 522 g/mol. The standard InChI is InChI=1S/C29H28ClN3O6/c1-5-16-33(20(2)34,17-18-39-23-13-10-21(11-14-23)28(35)38-4)22-12-15-26(27(19-22)37-3)32-29(36)31-25-9-7-6-8-24(25)30/h1,6-15,19H,16-18H2,2-4H3,(H-,31,32,36)/p+1. The van der Waals surface area contributed by atoms with Crippen LogP contribution in [0.5, 0.6) is 11.5 Å². The van der Waals surface area contributed by atoms with Gasteiger partial charge in [-0.1, -0.05) is 23.7 Å². The molecule has 0 aliphatic rings. The van der Waals surface area contributed by atoms with Crippen molar-refractivity contribution in [3.05, 3.63) is 77.3 Å². The van der Waals surface area contributed by atoms with Crippen LogP contribution >= 0.6 is 11.6 Å². The van der Waals surface area contributed by atoms with Crippen LogP contribution in [0.25, 0.3) is 0 Å². The topological polar surface area (TPSA) is 103 Å². The van der Waals surface area contributed by atoms with Gasteiger partial charge in [-0.2, -0.15) is 0 Å². The second kappa shape index (κ2) is 13.3. The molecule has 0 saturated heterocycles. The van der Waals surface area contributed by atoms with Crippen molar-refractivity contribution in [2.75, 3.05) is 44.5 Å². The lowest BCUT2D eigenvalue weighted by molar-refractivity contribution is -0.127. The minimum Gasteiger partial charge on any atom is -0.494 e. The lowest BCUT2D eigenvalue weighted by atomic mass is 10.1. The number of carbonyl (C=O) groups is 3. The number of esters is 1. The number of para-hydroxylation sites is 1. The van der Waals surface area contributed by atoms with E-state index in [0.29, 0.717) is 39.1 Å². The van der Waals surface area contributed by atoms with Crippen molar-refractivity contribution in [3.8, 4) is 23.8 Å². The Morgan fingerprint density at radius 2 is 1.67 bits per heavy atom. The summed E-state index contributed by atoms with van der Waals surface area (Å²) in [6, 6.07) is 17.8. The average Bonchev–Trinajstić information content (AvgIpc) is 2.93. The number of urea groups is 1. The first-order valence-electron chi connectivity index (χ1n) is 11.9. The average molecular weight is 551 g/mol. The van der Waals surface area contributed by atoms with Gasteiger partial charge in [-0.05, 0) is 48.4 Å². The summed E-state index contributed by atoms with van der Waals surface area (Å²) in [7, 11) is 2.77. The summed E-state index contributed by atoms with van der Waals surface area (Å²) in [6.45, 7) is 1.91. The highest BCUT2D eigenvalue weighted by molar-refractivity contribution is 6.33. The van der Waals surface area contributed by atoms with Gasteiger partial charge in [-0.3, -0.25) is 0 Å². The number of carbonyl (C=O) groups excluding carboxylic acids is 3. The Kier molecular flexibility index (Phi) is 9.92. The molecule has 3 aromatic rings. The molecule has 1 unspecified atom stereocenters. The van der Waals surface area contributed by atoms with Gasteiger partial charge < -0.3 is 24.8 Å². The maximum atomic E-state index is 13.0. The molecule has 10 heteroatoms. The summed E-state index contributed by atoms with van der Waals surface area (Å²) in [5, 5.41) is 5.82. The van der Waals surface area contributed by atoms with Crippen molar-refractivity contribution < 1.29 is 28.6 Å². The maximum Gasteiger partial charge on any atom is 0.337 e. The zero-order valence-electron chi connectivity index (χ0n) is 21.8. The Morgan fingerprint density at radius 1 is 0.974 bits per heavy atom. The molecule has 3 amide bonds. The number of methoxy groups -OCH3 is 2. The Hall–Kier alpha value is -4.52. The third kappa shape index (κ3) is 7.08. The van der Waals surface area contributed by atoms with Gasteiger partial charge in [-0.15, -0.1) is 6.42 Å². The zero-order chi connectivity index (χ0) is 28.4. The number of hydrogen-bond donors (Lipinski definition) is 2. The van der Waals surface area contributed by atoms with E-state index >= 15 is 0 Å². The first-order valence-corrected chi connectivity index (χ1v) is 12.3. The van der Waals surface area contributed by atoms with E-state index in [-0.39, 0.29) is 30.1 Å². The van der Waals surface area contributed by atoms with E-state index in [1.54, 1.807) is 66.7 Å². The normalized spacial score (nSPS) is 11.9. The van der Waals surface area contributed by atoms with E-state index in [1.807, 2.05) is 0 Å². The molecule has 0 saturated carbocycles. The molecule has 9 nitrogen and oxygen atoms in total. The van der Waals surface area contributed by atoms with Gasteiger partial charge in [0, 0.05) is 12.1 Å². The fourth-order valence-electron chi connectivity index (χ4n) is 3.92. The highest BCUT2D eigenvalue weighted by Crippen LogP contribution is 2.34. The van der Waals surface area contributed by atoms with Crippen LogP contribution in [0.1, 0.15) is 17.3 Å². The van der Waals surface area contributed by atoms with Crippen LogP contribution in [0.4, 0.5) is 21.9 Å². The minimum absolute atomic E-state index is 0.0723. The molecular formula is C29H29ClN3O6+. The number of rotatable bonds is 10. The quantitative estimate of drug-likeness (QED) is 0.200. The molecule has 3 aromatic carbocycles. The summed E-state index contributed by atoms with van der Waals surface area (Å²) in [5.41, 5.74) is 1.80. The number of terminal acetylenes is 1. The molecule has 0 aliphatic heterocycles. The van der Waals surface area contributed by atoms with Gasteiger partial charge in [0.25, 0.3) is 0 Å². The SMILES string of the molecule is C#CC[N+](CCOc1ccc(C(=O)OC)cc1)(C(C)=O)c1ccc(NC(=O)Nc2ccccc2Cl)c(OC)c1. The summed E-state index contributed by atoms with van der Waals surface area (Å²) in [4.78, 5) is 37.2. The molecule has 0 aromatic heterocycles. The van der Waals surface area contributed by atoms with E-state index in [4.69, 9.17) is 32.2 Å². The molecule has 3 rings (SSSR count). The van der Waals surface area contributed by atoms with Gasteiger partial charge in [0.2, 0.25) is 0 Å². The fourth-order valence-corrected chi connectivity index (χ4v) is 4.10. The molecule has 0 aliphatic carbocycles. The largest absolute Gasteiger partial charge is 0.494 e. The Morgan fingerprint density at radius 3 is 2.28 bits per heavy atom. The Balaban J connectivity index is 1.79. The van der Waals surface area contributed by atoms with Crippen LogP contribution in [0.2, 0.25) is 5.02 Å². The number of nitrogens with zero attached hydrogens (tertiary/aromatic N) is 1. The van der Waals surface area contributed by atoms with Crippen molar-refractivity contribution in [1.29, 1.82) is 0 Å². The maximum absolute atomic E-state index is 13.0. The lowest BCUT2D eigenvalue weighted by Crippen LogP contribution is -2.55. The van der Waals surface area contributed by atoms with Crippen LogP contribution in [0.3, 0.4) is 0 Å². The molecule has 0 bridgehead atoms. The van der Waals surface area contributed by atoms with E-state index in [1.165, 1.54) is 21.1 Å². The summed E-state index contributed by atoms with van der Waals surface area (Å²) < 4.78 is 15.9. The monoisotopic (exact) mass is 550 g/mol. The molecule has 0 radical (unpaired) electrons. The molecule has 2 N–H and O–H groups in total. The number of nitrogens with one attached hydrogen (secondary N) is 2. The molecule has 0 spiro atoms. The highest BCUT2D eigenvalue weighted by Gasteiger charge is 2.36. The van der Waals surface area contributed by atoms with Crippen LogP contribution in [-0.2, 0) is 9.53 Å². The molecule has 202 valence electrons. The molecule has 0 heterocycles. The number of ether oxygens (including phenoxy) is 3. The van der Waals surface area contributed by atoms with Gasteiger partial charge in [0.05, 0.1) is 43.1 Å². The molecule has 0 fully saturated rings. The van der Waals surface area contributed by atoms with Gasteiger partial charge in [0.1, 0.15) is 30.3 Å². The lowest BCUT2D eigenvalue weighted by Gasteiger charge is -2.33. The van der Waals surface area contributed by atoms with Crippen molar-refractivity contribution in [1.82, 2.24) is 4.48 Å². The number of halogens is 1. The predicted molar refractivity (Wildman–Crippen MR) is 151 cm³/mol. The number of hydrogen-bond acceptors (Lipinski definition) is 6. The van der Waals surface area contributed by atoms with Crippen LogP contribution < -0.4 is 24.6 Å². The third-order valence-electron chi connectivity index (χ3n) is 6.03. The zero-order valence-corrected chi connectivity index (χ0v) is 22.6. The third-order valence-corrected chi connectivity index (χ3v) is 6.36. The summed E-state index contributed by atoms with van der Waals surface area (Å²) in [6.07, 6.45) is 5.67. The Bertz CT molecular complexity index is 1390. The molecule has 1 atom stereocenters. The van der Waals surface area contributed by atoms with Crippen LogP contribution in [-0.4, -0.2) is 51.8 Å². The van der Waals surface area contributed by atoms with Gasteiger partial charge in [0.15, 0.2) is 6.54 Å². The summed E-state index contributed by atoms with van der Waals surface area (Å²) >= 11 is 6.12. The smallest absolute Gasteiger partial charge is 0.337 e. The van der Waals surface area contributed by atoms with E-state index in [2.05, 4.69) is 16.6 Å². The summed E-state index contributed by atoms with van der Waals surface area (Å²) in [5.74, 6) is 2.80. The van der Waals surface area contributed by atoms with Crippen LogP contribution in [0, 0.1) is 12.3 Å². The minimum atomic E-state index is -0.517. The molecule has 39 heavy (non-hydrogen) atoms. The fraction of sp³-hybridized carbons (Fsp3) is 0.207. The number of amides is 3. The van der Waals surface area contributed by atoms with Crippen molar-refractivity contribution in [2.45, 2.75) is 6.92 Å². The van der Waals surface area contributed by atoms with Gasteiger partial charge >= 0.3 is 17.9 Å². The van der Waals surface area contributed by atoms with Crippen molar-refractivity contribution in [3.63, 3.8) is 0 Å². The number of anilines is 2. The predicted octanol–water partition coefficient (Wildman–Crippen LogP) is 5.35. The Labute approximate surface area is 232 Å². The second-order valence-electron chi connectivity index (χ2n) is 8.38. The van der Waals surface area contributed by atoms with E-state index in [9.17, 15) is 14.4 Å². The van der Waals surface area contributed by atoms with Crippen molar-refractivity contribution in [2.24, 2.45) is 0 Å². The van der Waals surface area contributed by atoms with Gasteiger partial charge in [-0.25, -0.2) is 18.9 Å².